The van der Waals surface area contributed by atoms with E-state index >= 15 is 0 Å². The van der Waals surface area contributed by atoms with E-state index < -0.39 is 8.07 Å². The molecule has 0 bridgehead atoms. The summed E-state index contributed by atoms with van der Waals surface area (Å²) in [5, 5.41) is 10.1. The zero-order valence-electron chi connectivity index (χ0n) is 12.1. The second-order valence-electron chi connectivity index (χ2n) is 6.05. The normalized spacial score (nSPS) is 14.8. The van der Waals surface area contributed by atoms with Gasteiger partial charge in [0.1, 0.15) is 0 Å². The molecule has 0 heterocycles. The number of hydrogen-bond acceptors (Lipinski definition) is 1. The third-order valence-electron chi connectivity index (χ3n) is 2.77. The van der Waals surface area contributed by atoms with Crippen LogP contribution in [0.2, 0.25) is 25.7 Å². The highest BCUT2D eigenvalue weighted by Gasteiger charge is 2.19. The Labute approximate surface area is 109 Å². The van der Waals surface area contributed by atoms with Gasteiger partial charge in [-0.1, -0.05) is 51.6 Å². The molecule has 0 aliphatic heterocycles. The van der Waals surface area contributed by atoms with Crippen LogP contribution in [0, 0.1) is 0 Å². The molecule has 1 nitrogen and oxygen atoms in total. The fourth-order valence-corrected chi connectivity index (χ4v) is 3.53. The van der Waals surface area contributed by atoms with Crippen LogP contribution in [0.25, 0.3) is 0 Å². The van der Waals surface area contributed by atoms with Gasteiger partial charge in [0.25, 0.3) is 0 Å². The SMILES string of the molecule is C=CC[C@H](O)/C(=C/CCCCC)C[Si](C)(C)C. The number of aliphatic hydroxyl groups excluding tert-OH is 1. The summed E-state index contributed by atoms with van der Waals surface area (Å²) >= 11 is 0. The summed E-state index contributed by atoms with van der Waals surface area (Å²) in [6.07, 6.45) is 9.37. The van der Waals surface area contributed by atoms with Crippen LogP contribution in [0.5, 0.6) is 0 Å². The fraction of sp³-hybridized carbons (Fsp3) is 0.733. The number of rotatable bonds is 9. The molecule has 0 aliphatic carbocycles. The second kappa shape index (κ2) is 8.70. The van der Waals surface area contributed by atoms with Gasteiger partial charge in [-0.05, 0) is 30.9 Å². The predicted octanol–water partition coefficient (Wildman–Crippen LogP) is 4.77. The number of allylic oxidation sites excluding steroid dienone is 1. The van der Waals surface area contributed by atoms with Crippen molar-refractivity contribution in [2.24, 2.45) is 0 Å². The van der Waals surface area contributed by atoms with Crippen molar-refractivity contribution in [1.29, 1.82) is 0 Å². The molecular weight excluding hydrogens is 224 g/mol. The molecule has 0 unspecified atom stereocenters. The first-order valence-electron chi connectivity index (χ1n) is 6.88. The van der Waals surface area contributed by atoms with Gasteiger partial charge in [-0.15, -0.1) is 6.58 Å². The van der Waals surface area contributed by atoms with Gasteiger partial charge in [0.2, 0.25) is 0 Å². The third kappa shape index (κ3) is 9.37. The summed E-state index contributed by atoms with van der Waals surface area (Å²) in [5.41, 5.74) is 1.25. The molecule has 1 atom stereocenters. The molecule has 100 valence electrons. The summed E-state index contributed by atoms with van der Waals surface area (Å²) < 4.78 is 0. The van der Waals surface area contributed by atoms with Gasteiger partial charge < -0.3 is 5.11 Å². The summed E-state index contributed by atoms with van der Waals surface area (Å²) in [6.45, 7) is 13.0. The van der Waals surface area contributed by atoms with Crippen molar-refractivity contribution in [3.8, 4) is 0 Å². The molecule has 0 amide bonds. The molecule has 0 aromatic rings. The van der Waals surface area contributed by atoms with Gasteiger partial charge in [0.15, 0.2) is 0 Å². The summed E-state index contributed by atoms with van der Waals surface area (Å²) in [5.74, 6) is 0. The van der Waals surface area contributed by atoms with Gasteiger partial charge >= 0.3 is 0 Å². The highest BCUT2D eigenvalue weighted by atomic mass is 28.3. The molecular formula is C15H30OSi. The topological polar surface area (TPSA) is 20.2 Å². The smallest absolute Gasteiger partial charge is 0.0781 e. The molecule has 0 radical (unpaired) electrons. The van der Waals surface area contributed by atoms with E-state index in [1.165, 1.54) is 24.8 Å². The Balaban J connectivity index is 4.43. The van der Waals surface area contributed by atoms with Crippen LogP contribution < -0.4 is 0 Å². The van der Waals surface area contributed by atoms with E-state index in [2.05, 4.69) is 39.2 Å². The Bertz CT molecular complexity index is 238. The molecule has 0 rings (SSSR count). The standard InChI is InChI=1S/C15H30OSi/c1-6-8-9-10-12-14(13-17(3,4)5)15(16)11-7-2/h7,12,15-16H,2,6,8-11,13H2,1,3-5H3/b14-12+/t15-/m0/s1. The van der Waals surface area contributed by atoms with Crippen LogP contribution in [0.1, 0.15) is 39.0 Å². The molecule has 0 aromatic heterocycles. The van der Waals surface area contributed by atoms with E-state index in [1.54, 1.807) is 0 Å². The highest BCUT2D eigenvalue weighted by Crippen LogP contribution is 2.22. The van der Waals surface area contributed by atoms with Gasteiger partial charge in [-0.2, -0.15) is 0 Å². The van der Waals surface area contributed by atoms with Crippen LogP contribution in [-0.2, 0) is 0 Å². The summed E-state index contributed by atoms with van der Waals surface area (Å²) in [7, 11) is -1.14. The van der Waals surface area contributed by atoms with Crippen LogP contribution >= 0.6 is 0 Å². The molecule has 1 N–H and O–H groups in total. The average Bonchev–Trinajstić information content (AvgIpc) is 2.21. The molecule has 2 heteroatoms. The number of unbranched alkanes of at least 4 members (excludes halogenated alkanes) is 3. The van der Waals surface area contributed by atoms with Crippen LogP contribution in [0.3, 0.4) is 0 Å². The lowest BCUT2D eigenvalue weighted by atomic mass is 10.1. The Morgan fingerprint density at radius 2 is 1.94 bits per heavy atom. The first-order chi connectivity index (χ1) is 7.90. The van der Waals surface area contributed by atoms with Crippen molar-refractivity contribution in [2.45, 2.75) is 70.8 Å². The average molecular weight is 254 g/mol. The Kier molecular flexibility index (Phi) is 8.53. The quantitative estimate of drug-likeness (QED) is 0.357. The first-order valence-corrected chi connectivity index (χ1v) is 10.6. The van der Waals surface area contributed by atoms with E-state index in [0.29, 0.717) is 6.42 Å². The maximum atomic E-state index is 10.1. The number of aliphatic hydroxyl groups is 1. The van der Waals surface area contributed by atoms with E-state index in [0.717, 1.165) is 12.5 Å². The van der Waals surface area contributed by atoms with Crippen molar-refractivity contribution in [3.63, 3.8) is 0 Å². The molecule has 0 saturated carbocycles. The van der Waals surface area contributed by atoms with E-state index in [-0.39, 0.29) is 6.10 Å². The van der Waals surface area contributed by atoms with Crippen molar-refractivity contribution >= 4 is 8.07 Å². The zero-order chi connectivity index (χ0) is 13.3. The van der Waals surface area contributed by atoms with Crippen molar-refractivity contribution in [3.05, 3.63) is 24.3 Å². The molecule has 0 fully saturated rings. The first kappa shape index (κ1) is 16.7. The summed E-state index contributed by atoms with van der Waals surface area (Å²) in [4.78, 5) is 0. The lowest BCUT2D eigenvalue weighted by Gasteiger charge is -2.22. The van der Waals surface area contributed by atoms with E-state index in [1.807, 2.05) is 6.08 Å². The minimum absolute atomic E-state index is 0.305. The monoisotopic (exact) mass is 254 g/mol. The van der Waals surface area contributed by atoms with Crippen molar-refractivity contribution in [2.75, 3.05) is 0 Å². The maximum Gasteiger partial charge on any atom is 0.0781 e. The molecule has 0 aromatic carbocycles. The van der Waals surface area contributed by atoms with Gasteiger partial charge in [0, 0.05) is 8.07 Å². The minimum atomic E-state index is -1.14. The van der Waals surface area contributed by atoms with E-state index in [4.69, 9.17) is 0 Å². The van der Waals surface area contributed by atoms with Gasteiger partial charge in [-0.25, -0.2) is 0 Å². The van der Waals surface area contributed by atoms with Crippen LogP contribution in [-0.4, -0.2) is 19.3 Å². The lowest BCUT2D eigenvalue weighted by Crippen LogP contribution is -2.24. The summed E-state index contributed by atoms with van der Waals surface area (Å²) in [6, 6.07) is 1.11. The lowest BCUT2D eigenvalue weighted by molar-refractivity contribution is 0.213. The molecule has 0 aliphatic rings. The molecule has 0 spiro atoms. The third-order valence-corrected chi connectivity index (χ3v) is 4.24. The Morgan fingerprint density at radius 3 is 2.41 bits per heavy atom. The van der Waals surface area contributed by atoms with Crippen LogP contribution in [0.15, 0.2) is 24.3 Å². The molecule has 17 heavy (non-hydrogen) atoms. The largest absolute Gasteiger partial charge is 0.388 e. The van der Waals surface area contributed by atoms with Crippen LogP contribution in [0.4, 0.5) is 0 Å². The van der Waals surface area contributed by atoms with Crippen molar-refractivity contribution in [1.82, 2.24) is 0 Å². The van der Waals surface area contributed by atoms with Gasteiger partial charge in [-0.3, -0.25) is 0 Å². The zero-order valence-corrected chi connectivity index (χ0v) is 13.1. The Morgan fingerprint density at radius 1 is 1.29 bits per heavy atom. The highest BCUT2D eigenvalue weighted by molar-refractivity contribution is 6.76. The van der Waals surface area contributed by atoms with Crippen molar-refractivity contribution < 1.29 is 5.11 Å². The Hall–Kier alpha value is -0.343. The fourth-order valence-electron chi connectivity index (χ4n) is 1.93. The van der Waals surface area contributed by atoms with E-state index in [9.17, 15) is 5.11 Å². The molecule has 0 saturated heterocycles. The van der Waals surface area contributed by atoms with Gasteiger partial charge in [0.05, 0.1) is 6.10 Å². The second-order valence-corrected chi connectivity index (χ2v) is 11.5. The predicted molar refractivity (Wildman–Crippen MR) is 81.2 cm³/mol. The minimum Gasteiger partial charge on any atom is -0.388 e. The number of hydrogen-bond donors (Lipinski definition) is 1. The maximum absolute atomic E-state index is 10.1.